The summed E-state index contributed by atoms with van der Waals surface area (Å²) >= 11 is 0. The average molecular weight is 500 g/mol. The number of tetrazole rings is 1. The lowest BCUT2D eigenvalue weighted by atomic mass is 9.83. The molecule has 10 nitrogen and oxygen atoms in total. The Balaban J connectivity index is 1.53. The van der Waals surface area contributed by atoms with Crippen molar-refractivity contribution in [3.05, 3.63) is 95.6 Å². The zero-order valence-electron chi connectivity index (χ0n) is 20.7. The number of aromatic nitrogens is 4. The Morgan fingerprint density at radius 1 is 1.08 bits per heavy atom. The summed E-state index contributed by atoms with van der Waals surface area (Å²) in [5, 5.41) is 30.5. The second kappa shape index (κ2) is 10.4. The van der Waals surface area contributed by atoms with Crippen molar-refractivity contribution in [1.82, 2.24) is 20.2 Å². The molecule has 1 aliphatic heterocycles. The van der Waals surface area contributed by atoms with Crippen molar-refractivity contribution in [2.45, 2.75) is 25.2 Å². The molecule has 10 heteroatoms. The molecule has 2 heterocycles. The molecule has 37 heavy (non-hydrogen) atoms. The summed E-state index contributed by atoms with van der Waals surface area (Å²) in [6, 6.07) is 24.5. The van der Waals surface area contributed by atoms with Gasteiger partial charge in [-0.25, -0.2) is 0 Å². The highest BCUT2D eigenvalue weighted by Crippen LogP contribution is 2.44. The normalized spacial score (nSPS) is 14.8. The van der Waals surface area contributed by atoms with Gasteiger partial charge in [0.1, 0.15) is 6.17 Å². The number of anilines is 3. The van der Waals surface area contributed by atoms with Crippen LogP contribution >= 0.6 is 0 Å². The first-order valence-electron chi connectivity index (χ1n) is 12.1. The topological polar surface area (TPSA) is 117 Å². The minimum absolute atomic E-state index is 0.141. The molecule has 0 radical (unpaired) electrons. The number of nitrogens with zero attached hydrogens (tertiary/aromatic N) is 5. The van der Waals surface area contributed by atoms with Gasteiger partial charge < -0.3 is 20.1 Å². The molecule has 0 spiro atoms. The van der Waals surface area contributed by atoms with Crippen LogP contribution in [0.3, 0.4) is 0 Å². The fraction of sp³-hybridized carbons (Fsp3) is 0.259. The van der Waals surface area contributed by atoms with Gasteiger partial charge in [-0.15, -0.1) is 5.10 Å². The second-order valence-electron chi connectivity index (χ2n) is 8.72. The van der Waals surface area contributed by atoms with Crippen LogP contribution < -0.4 is 15.5 Å². The van der Waals surface area contributed by atoms with Gasteiger partial charge in [0.15, 0.2) is 5.60 Å². The lowest BCUT2D eigenvalue weighted by Crippen LogP contribution is -2.54. The minimum Gasteiger partial charge on any atom is -0.383 e. The SMILES string of the molecule is CCn1nnc(NC(=O)c2ccc3c(c2)N(CCOC)C(C(O)(c2ccccc2)c2ccccc2)N3)n1. The molecule has 1 atom stereocenters. The molecule has 0 saturated heterocycles. The van der Waals surface area contributed by atoms with Crippen LogP contribution in [0.1, 0.15) is 28.4 Å². The summed E-state index contributed by atoms with van der Waals surface area (Å²) in [6.07, 6.45) is -0.563. The first-order chi connectivity index (χ1) is 18.0. The van der Waals surface area contributed by atoms with E-state index in [-0.39, 0.29) is 11.9 Å². The van der Waals surface area contributed by atoms with Gasteiger partial charge in [-0.05, 0) is 41.5 Å². The number of carbonyl (C=O) groups excluding carboxylic acids is 1. The Morgan fingerprint density at radius 2 is 1.76 bits per heavy atom. The number of hydrogen-bond donors (Lipinski definition) is 3. The quantitative estimate of drug-likeness (QED) is 0.322. The summed E-state index contributed by atoms with van der Waals surface area (Å²) in [5.74, 6) is -0.211. The van der Waals surface area contributed by atoms with E-state index in [2.05, 4.69) is 26.0 Å². The molecule has 1 unspecified atom stereocenters. The molecular weight excluding hydrogens is 470 g/mol. The third-order valence-electron chi connectivity index (χ3n) is 6.49. The Hall–Kier alpha value is -4.28. The number of nitrogens with one attached hydrogen (secondary N) is 2. The number of carbonyl (C=O) groups is 1. The monoisotopic (exact) mass is 499 g/mol. The third kappa shape index (κ3) is 4.64. The third-order valence-corrected chi connectivity index (χ3v) is 6.49. The van der Waals surface area contributed by atoms with Crippen molar-refractivity contribution in [3.63, 3.8) is 0 Å². The molecule has 3 N–H and O–H groups in total. The number of ether oxygens (including phenoxy) is 1. The smallest absolute Gasteiger partial charge is 0.270 e. The van der Waals surface area contributed by atoms with Gasteiger partial charge in [0, 0.05) is 19.2 Å². The van der Waals surface area contributed by atoms with Crippen molar-refractivity contribution in [1.29, 1.82) is 0 Å². The standard InChI is InChI=1S/C27H29N7O3/c1-3-34-31-26(30-32-34)29-24(35)19-14-15-22-23(18-19)33(16-17-37-2)25(28-22)27(36,20-10-6-4-7-11-20)21-12-8-5-9-13-21/h4-15,18,25,28,36H,3,16-17H2,1-2H3,(H,29,31,35). The van der Waals surface area contributed by atoms with Crippen LogP contribution in [-0.2, 0) is 16.9 Å². The Kier molecular flexibility index (Phi) is 6.85. The first-order valence-corrected chi connectivity index (χ1v) is 12.1. The highest BCUT2D eigenvalue weighted by atomic mass is 16.5. The Morgan fingerprint density at radius 3 is 2.35 bits per heavy atom. The predicted octanol–water partition coefficient (Wildman–Crippen LogP) is 3.09. The van der Waals surface area contributed by atoms with E-state index in [1.165, 1.54) is 4.80 Å². The van der Waals surface area contributed by atoms with Crippen LogP contribution in [0.25, 0.3) is 0 Å². The summed E-state index contributed by atoms with van der Waals surface area (Å²) < 4.78 is 5.40. The zero-order chi connectivity index (χ0) is 25.8. The Labute approximate surface area is 214 Å². The van der Waals surface area contributed by atoms with E-state index in [0.29, 0.717) is 25.3 Å². The first kappa shape index (κ1) is 24.4. The lowest BCUT2D eigenvalue weighted by Gasteiger charge is -2.40. The molecule has 1 aliphatic rings. The molecular formula is C27H29N7O3. The second-order valence-corrected chi connectivity index (χ2v) is 8.72. The number of benzene rings is 3. The fourth-order valence-electron chi connectivity index (χ4n) is 4.63. The van der Waals surface area contributed by atoms with E-state index in [9.17, 15) is 9.90 Å². The van der Waals surface area contributed by atoms with Crippen LogP contribution in [0, 0.1) is 0 Å². The van der Waals surface area contributed by atoms with Gasteiger partial charge >= 0.3 is 0 Å². The predicted molar refractivity (Wildman–Crippen MR) is 140 cm³/mol. The maximum atomic E-state index is 13.0. The summed E-state index contributed by atoms with van der Waals surface area (Å²) in [6.45, 7) is 3.35. The number of aryl methyl sites for hydroxylation is 1. The van der Waals surface area contributed by atoms with Gasteiger partial charge in [0.2, 0.25) is 0 Å². The van der Waals surface area contributed by atoms with E-state index in [0.717, 1.165) is 22.5 Å². The molecule has 0 fully saturated rings. The molecule has 4 aromatic rings. The highest BCUT2D eigenvalue weighted by Gasteiger charge is 2.47. The van der Waals surface area contributed by atoms with E-state index in [1.54, 1.807) is 19.2 Å². The van der Waals surface area contributed by atoms with Crippen LogP contribution in [0.15, 0.2) is 78.9 Å². The summed E-state index contributed by atoms with van der Waals surface area (Å²) in [5.41, 5.74) is 2.11. The molecule has 1 amide bonds. The van der Waals surface area contributed by atoms with Crippen molar-refractivity contribution < 1.29 is 14.6 Å². The van der Waals surface area contributed by atoms with E-state index < -0.39 is 11.8 Å². The van der Waals surface area contributed by atoms with Gasteiger partial charge in [-0.3, -0.25) is 10.1 Å². The van der Waals surface area contributed by atoms with Crippen molar-refractivity contribution in [2.75, 3.05) is 35.8 Å². The lowest BCUT2D eigenvalue weighted by molar-refractivity contribution is 0.0576. The van der Waals surface area contributed by atoms with Gasteiger partial charge in [0.05, 0.1) is 24.5 Å². The zero-order valence-corrected chi connectivity index (χ0v) is 20.7. The number of rotatable bonds is 9. The van der Waals surface area contributed by atoms with Gasteiger partial charge in [-0.1, -0.05) is 65.8 Å². The van der Waals surface area contributed by atoms with Crippen LogP contribution in [0.4, 0.5) is 17.3 Å². The molecule has 190 valence electrons. The van der Waals surface area contributed by atoms with E-state index in [1.807, 2.05) is 78.6 Å². The Bertz CT molecular complexity index is 1320. The largest absolute Gasteiger partial charge is 0.383 e. The average Bonchev–Trinajstić information content (AvgIpc) is 3.56. The van der Waals surface area contributed by atoms with Crippen LogP contribution in [0.2, 0.25) is 0 Å². The van der Waals surface area contributed by atoms with E-state index in [4.69, 9.17) is 4.74 Å². The molecule has 0 saturated carbocycles. The van der Waals surface area contributed by atoms with Gasteiger partial charge in [0.25, 0.3) is 11.9 Å². The molecule has 0 bridgehead atoms. The van der Waals surface area contributed by atoms with Crippen molar-refractivity contribution in [2.24, 2.45) is 0 Å². The molecule has 1 aromatic heterocycles. The highest BCUT2D eigenvalue weighted by molar-refractivity contribution is 6.04. The van der Waals surface area contributed by atoms with Gasteiger partial charge in [-0.2, -0.15) is 4.80 Å². The number of amides is 1. The molecule has 3 aromatic carbocycles. The number of methoxy groups -OCH3 is 1. The maximum Gasteiger partial charge on any atom is 0.270 e. The van der Waals surface area contributed by atoms with Crippen molar-refractivity contribution >= 4 is 23.2 Å². The fourth-order valence-corrected chi connectivity index (χ4v) is 4.63. The van der Waals surface area contributed by atoms with Crippen LogP contribution in [0.5, 0.6) is 0 Å². The molecule has 5 rings (SSSR count). The molecule has 0 aliphatic carbocycles. The van der Waals surface area contributed by atoms with Crippen LogP contribution in [-0.4, -0.2) is 57.6 Å². The number of hydrogen-bond acceptors (Lipinski definition) is 8. The van der Waals surface area contributed by atoms with Crippen molar-refractivity contribution in [3.8, 4) is 0 Å². The minimum atomic E-state index is -1.40. The summed E-state index contributed by atoms with van der Waals surface area (Å²) in [7, 11) is 1.64. The van der Waals surface area contributed by atoms with E-state index >= 15 is 0 Å². The number of aliphatic hydroxyl groups is 1. The summed E-state index contributed by atoms with van der Waals surface area (Å²) in [4.78, 5) is 16.5. The maximum absolute atomic E-state index is 13.0. The number of fused-ring (bicyclic) bond motifs is 1.